The maximum absolute atomic E-state index is 11.7. The van der Waals surface area contributed by atoms with E-state index >= 15 is 0 Å². The van der Waals surface area contributed by atoms with Gasteiger partial charge in [-0.05, 0) is 44.9 Å². The molecule has 6 nitrogen and oxygen atoms in total. The largest absolute Gasteiger partial charge is 0.382 e. The third-order valence-corrected chi connectivity index (χ3v) is 3.28. The van der Waals surface area contributed by atoms with Gasteiger partial charge in [0.2, 0.25) is 0 Å². The number of aliphatic imine (C=N–C) groups is 1. The summed E-state index contributed by atoms with van der Waals surface area (Å²) in [6, 6.07) is 7.54. The molecule has 1 rings (SSSR count). The molecule has 0 aliphatic carbocycles. The van der Waals surface area contributed by atoms with Crippen molar-refractivity contribution >= 4 is 35.8 Å². The molecule has 0 fully saturated rings. The Hall–Kier alpha value is -1.35. The third kappa shape index (κ3) is 10.3. The fourth-order valence-corrected chi connectivity index (χ4v) is 2.06. The number of nitrogens with zero attached hydrogens (tertiary/aromatic N) is 1. The fraction of sp³-hybridized carbons (Fsp3) is 0.556. The predicted octanol–water partition coefficient (Wildman–Crippen LogP) is 2.54. The van der Waals surface area contributed by atoms with Crippen molar-refractivity contribution in [3.05, 3.63) is 35.4 Å². The molecular formula is C18H31IN4O2. The minimum atomic E-state index is -0.0446. The second-order valence-electron chi connectivity index (χ2n) is 5.23. The molecule has 0 saturated carbocycles. The van der Waals surface area contributed by atoms with Crippen LogP contribution in [0.1, 0.15) is 43.1 Å². The Morgan fingerprint density at radius 1 is 1.04 bits per heavy atom. The monoisotopic (exact) mass is 462 g/mol. The van der Waals surface area contributed by atoms with E-state index < -0.39 is 0 Å². The Morgan fingerprint density at radius 2 is 1.72 bits per heavy atom. The van der Waals surface area contributed by atoms with E-state index in [1.807, 2.05) is 45.0 Å². The van der Waals surface area contributed by atoms with Crippen molar-refractivity contribution in [2.24, 2.45) is 4.99 Å². The molecule has 1 aromatic carbocycles. The summed E-state index contributed by atoms with van der Waals surface area (Å²) < 4.78 is 5.32. The van der Waals surface area contributed by atoms with Crippen LogP contribution in [0.25, 0.3) is 0 Å². The lowest BCUT2D eigenvalue weighted by Gasteiger charge is -2.11. The van der Waals surface area contributed by atoms with E-state index in [0.717, 1.165) is 44.2 Å². The van der Waals surface area contributed by atoms with Gasteiger partial charge in [-0.2, -0.15) is 0 Å². The van der Waals surface area contributed by atoms with Crippen LogP contribution in [-0.2, 0) is 11.3 Å². The molecule has 1 aromatic rings. The summed E-state index contributed by atoms with van der Waals surface area (Å²) in [5.41, 5.74) is 1.74. The standard InChI is InChI=1S/C18H30N4O2.HI/c1-4-19-17(23)16-10-8-15(9-11-16)14-22-18(20-5-2)21-12-7-13-24-6-3;/h8-11H,4-7,12-14H2,1-3H3,(H,19,23)(H2,20,21,22);1H. The van der Waals surface area contributed by atoms with Crippen LogP contribution in [0.3, 0.4) is 0 Å². The average Bonchev–Trinajstić information content (AvgIpc) is 2.60. The van der Waals surface area contributed by atoms with Crippen LogP contribution in [0.2, 0.25) is 0 Å². The number of hydrogen-bond acceptors (Lipinski definition) is 3. The lowest BCUT2D eigenvalue weighted by Crippen LogP contribution is -2.38. The number of hydrogen-bond donors (Lipinski definition) is 3. The van der Waals surface area contributed by atoms with Gasteiger partial charge in [0.15, 0.2) is 5.96 Å². The van der Waals surface area contributed by atoms with Crippen LogP contribution in [0.5, 0.6) is 0 Å². The molecule has 0 unspecified atom stereocenters. The second-order valence-corrected chi connectivity index (χ2v) is 5.23. The van der Waals surface area contributed by atoms with Crippen LogP contribution < -0.4 is 16.0 Å². The molecule has 0 aromatic heterocycles. The number of halogens is 1. The number of nitrogens with one attached hydrogen (secondary N) is 3. The molecule has 0 atom stereocenters. The number of guanidine groups is 1. The summed E-state index contributed by atoms with van der Waals surface area (Å²) in [6.07, 6.45) is 0.944. The second kappa shape index (κ2) is 14.9. The summed E-state index contributed by atoms with van der Waals surface area (Å²) in [5, 5.41) is 9.30. The molecule has 7 heteroatoms. The first kappa shape index (κ1) is 23.6. The number of carbonyl (C=O) groups is 1. The van der Waals surface area contributed by atoms with E-state index in [4.69, 9.17) is 4.74 Å². The summed E-state index contributed by atoms with van der Waals surface area (Å²) in [5.74, 6) is 0.749. The molecule has 0 aliphatic heterocycles. The van der Waals surface area contributed by atoms with Gasteiger partial charge in [-0.3, -0.25) is 4.79 Å². The van der Waals surface area contributed by atoms with Crippen molar-refractivity contribution in [3.8, 4) is 0 Å². The van der Waals surface area contributed by atoms with Crippen LogP contribution >= 0.6 is 24.0 Å². The maximum Gasteiger partial charge on any atom is 0.251 e. The van der Waals surface area contributed by atoms with Crippen molar-refractivity contribution in [2.45, 2.75) is 33.7 Å². The molecule has 0 bridgehead atoms. The smallest absolute Gasteiger partial charge is 0.251 e. The lowest BCUT2D eigenvalue weighted by molar-refractivity contribution is 0.0956. The van der Waals surface area contributed by atoms with Gasteiger partial charge in [0, 0.05) is 38.4 Å². The van der Waals surface area contributed by atoms with Gasteiger partial charge in [0.25, 0.3) is 5.91 Å². The molecule has 0 spiro atoms. The quantitative estimate of drug-likeness (QED) is 0.216. The van der Waals surface area contributed by atoms with E-state index in [2.05, 4.69) is 20.9 Å². The van der Waals surface area contributed by atoms with Crippen molar-refractivity contribution in [1.29, 1.82) is 0 Å². The van der Waals surface area contributed by atoms with Crippen molar-refractivity contribution in [2.75, 3.05) is 32.8 Å². The zero-order chi connectivity index (χ0) is 17.6. The summed E-state index contributed by atoms with van der Waals surface area (Å²) >= 11 is 0. The Balaban J connectivity index is 0.00000576. The van der Waals surface area contributed by atoms with Crippen LogP contribution in [0.4, 0.5) is 0 Å². The number of carbonyl (C=O) groups excluding carboxylic acids is 1. The summed E-state index contributed by atoms with van der Waals surface area (Å²) in [4.78, 5) is 16.3. The van der Waals surface area contributed by atoms with E-state index in [0.29, 0.717) is 18.7 Å². The Bertz CT molecular complexity index is 506. The SMILES string of the molecule is CCNC(=O)c1ccc(CN=C(NCC)NCCCOCC)cc1.I. The van der Waals surface area contributed by atoms with Crippen LogP contribution in [-0.4, -0.2) is 44.7 Å². The van der Waals surface area contributed by atoms with Gasteiger partial charge in [0.05, 0.1) is 6.54 Å². The zero-order valence-electron chi connectivity index (χ0n) is 15.4. The topological polar surface area (TPSA) is 74.8 Å². The fourth-order valence-electron chi connectivity index (χ4n) is 2.06. The Kier molecular flexibility index (Phi) is 14.1. The highest BCUT2D eigenvalue weighted by molar-refractivity contribution is 14.0. The highest BCUT2D eigenvalue weighted by atomic mass is 127. The normalized spacial score (nSPS) is 10.8. The number of benzene rings is 1. The van der Waals surface area contributed by atoms with Crippen LogP contribution in [0, 0.1) is 0 Å². The van der Waals surface area contributed by atoms with Gasteiger partial charge in [0.1, 0.15) is 0 Å². The number of amides is 1. The van der Waals surface area contributed by atoms with Crippen molar-refractivity contribution in [3.63, 3.8) is 0 Å². The number of ether oxygens (including phenoxy) is 1. The first-order valence-corrected chi connectivity index (χ1v) is 8.68. The maximum atomic E-state index is 11.7. The van der Waals surface area contributed by atoms with Gasteiger partial charge < -0.3 is 20.7 Å². The average molecular weight is 462 g/mol. The highest BCUT2D eigenvalue weighted by Crippen LogP contribution is 2.05. The van der Waals surface area contributed by atoms with Crippen LogP contribution in [0.15, 0.2) is 29.3 Å². The highest BCUT2D eigenvalue weighted by Gasteiger charge is 2.03. The van der Waals surface area contributed by atoms with E-state index in [1.54, 1.807) is 0 Å². The molecule has 1 amide bonds. The third-order valence-electron chi connectivity index (χ3n) is 3.28. The summed E-state index contributed by atoms with van der Waals surface area (Å²) in [7, 11) is 0. The molecule has 0 aliphatic rings. The molecule has 3 N–H and O–H groups in total. The van der Waals surface area contributed by atoms with Crippen molar-refractivity contribution in [1.82, 2.24) is 16.0 Å². The van der Waals surface area contributed by atoms with E-state index in [9.17, 15) is 4.79 Å². The minimum absolute atomic E-state index is 0. The molecule has 142 valence electrons. The molecule has 0 heterocycles. The molecular weight excluding hydrogens is 431 g/mol. The van der Waals surface area contributed by atoms with E-state index in [-0.39, 0.29) is 29.9 Å². The first-order chi connectivity index (χ1) is 11.7. The zero-order valence-corrected chi connectivity index (χ0v) is 17.8. The number of rotatable bonds is 10. The van der Waals surface area contributed by atoms with Gasteiger partial charge in [-0.25, -0.2) is 4.99 Å². The predicted molar refractivity (Wildman–Crippen MR) is 114 cm³/mol. The van der Waals surface area contributed by atoms with Crippen molar-refractivity contribution < 1.29 is 9.53 Å². The molecule has 0 saturated heterocycles. The Morgan fingerprint density at radius 3 is 2.32 bits per heavy atom. The minimum Gasteiger partial charge on any atom is -0.382 e. The Labute approximate surface area is 168 Å². The lowest BCUT2D eigenvalue weighted by atomic mass is 10.1. The van der Waals surface area contributed by atoms with Gasteiger partial charge in [-0.15, -0.1) is 24.0 Å². The van der Waals surface area contributed by atoms with Gasteiger partial charge >= 0.3 is 0 Å². The molecule has 0 radical (unpaired) electrons. The summed E-state index contributed by atoms with van der Waals surface area (Å²) in [6.45, 7) is 10.3. The van der Waals surface area contributed by atoms with Gasteiger partial charge in [-0.1, -0.05) is 12.1 Å². The first-order valence-electron chi connectivity index (χ1n) is 8.68. The molecule has 25 heavy (non-hydrogen) atoms. The van der Waals surface area contributed by atoms with E-state index in [1.165, 1.54) is 0 Å².